The van der Waals surface area contributed by atoms with E-state index in [9.17, 15) is 13.6 Å². The zero-order valence-electron chi connectivity index (χ0n) is 8.88. The highest BCUT2D eigenvalue weighted by Crippen LogP contribution is 2.36. The highest BCUT2D eigenvalue weighted by atomic mass is 19.3. The van der Waals surface area contributed by atoms with Crippen LogP contribution in [0.3, 0.4) is 0 Å². The van der Waals surface area contributed by atoms with Gasteiger partial charge in [-0.15, -0.1) is 0 Å². The van der Waals surface area contributed by atoms with Gasteiger partial charge in [-0.3, -0.25) is 4.79 Å². The number of aliphatic hydroxyl groups excluding tert-OH is 1. The van der Waals surface area contributed by atoms with Crippen LogP contribution in [0.4, 0.5) is 8.78 Å². The van der Waals surface area contributed by atoms with E-state index in [0.717, 1.165) is 0 Å². The fourth-order valence-electron chi connectivity index (χ4n) is 1.86. The SMILES string of the molecule is CN(CCO)C(=O)C1CCC(F)(F)CC1. The summed E-state index contributed by atoms with van der Waals surface area (Å²) in [6.45, 7) is 0.177. The van der Waals surface area contributed by atoms with Gasteiger partial charge in [0.1, 0.15) is 0 Å². The van der Waals surface area contributed by atoms with Crippen LogP contribution in [0.2, 0.25) is 0 Å². The van der Waals surface area contributed by atoms with Crippen molar-refractivity contribution in [3.63, 3.8) is 0 Å². The average Bonchev–Trinajstić information content (AvgIpc) is 2.17. The molecule has 1 N–H and O–H groups in total. The summed E-state index contributed by atoms with van der Waals surface area (Å²) >= 11 is 0. The number of hydrogen-bond acceptors (Lipinski definition) is 2. The maximum absolute atomic E-state index is 12.8. The molecule has 0 unspecified atom stereocenters. The molecule has 0 aliphatic heterocycles. The number of rotatable bonds is 3. The van der Waals surface area contributed by atoms with Gasteiger partial charge in [0.25, 0.3) is 0 Å². The van der Waals surface area contributed by atoms with Crippen molar-refractivity contribution in [3.05, 3.63) is 0 Å². The number of carbonyl (C=O) groups is 1. The van der Waals surface area contributed by atoms with Crippen molar-refractivity contribution in [3.8, 4) is 0 Å². The normalized spacial score (nSPS) is 21.3. The molecule has 0 saturated heterocycles. The Kier molecular flexibility index (Phi) is 4.02. The van der Waals surface area contributed by atoms with Crippen molar-refractivity contribution in [2.45, 2.75) is 31.6 Å². The minimum absolute atomic E-state index is 0.0921. The smallest absolute Gasteiger partial charge is 0.248 e. The molecule has 1 aliphatic rings. The van der Waals surface area contributed by atoms with Gasteiger partial charge in [-0.2, -0.15) is 0 Å². The molecular weight excluding hydrogens is 204 g/mol. The van der Waals surface area contributed by atoms with Crippen molar-refractivity contribution >= 4 is 5.91 Å². The van der Waals surface area contributed by atoms with Gasteiger partial charge in [0, 0.05) is 32.4 Å². The molecule has 5 heteroatoms. The minimum Gasteiger partial charge on any atom is -0.395 e. The molecule has 0 atom stereocenters. The molecule has 0 aromatic carbocycles. The van der Waals surface area contributed by atoms with E-state index in [-0.39, 0.29) is 50.7 Å². The van der Waals surface area contributed by atoms with E-state index in [1.807, 2.05) is 0 Å². The molecule has 1 rings (SSSR count). The summed E-state index contributed by atoms with van der Waals surface area (Å²) in [6, 6.07) is 0. The third-order valence-electron chi connectivity index (χ3n) is 2.88. The van der Waals surface area contributed by atoms with Crippen LogP contribution in [0, 0.1) is 5.92 Å². The highest BCUT2D eigenvalue weighted by molar-refractivity contribution is 5.78. The van der Waals surface area contributed by atoms with Crippen molar-refractivity contribution < 1.29 is 18.7 Å². The molecule has 3 nitrogen and oxygen atoms in total. The molecule has 1 fully saturated rings. The first-order chi connectivity index (χ1) is 6.96. The lowest BCUT2D eigenvalue weighted by molar-refractivity contribution is -0.138. The molecule has 0 spiro atoms. The van der Waals surface area contributed by atoms with Crippen LogP contribution in [0.5, 0.6) is 0 Å². The number of amides is 1. The second-order valence-electron chi connectivity index (χ2n) is 4.11. The maximum Gasteiger partial charge on any atom is 0.248 e. The Balaban J connectivity index is 2.42. The van der Waals surface area contributed by atoms with Crippen molar-refractivity contribution in [2.75, 3.05) is 20.2 Å². The Labute approximate surface area is 88.1 Å². The molecular formula is C10H17F2NO2. The van der Waals surface area contributed by atoms with Crippen LogP contribution < -0.4 is 0 Å². The second kappa shape index (κ2) is 4.88. The van der Waals surface area contributed by atoms with Gasteiger partial charge < -0.3 is 10.0 Å². The minimum atomic E-state index is -2.59. The number of nitrogens with zero attached hydrogens (tertiary/aromatic N) is 1. The fourth-order valence-corrected chi connectivity index (χ4v) is 1.86. The van der Waals surface area contributed by atoms with Crippen molar-refractivity contribution in [1.82, 2.24) is 4.90 Å². The van der Waals surface area contributed by atoms with E-state index < -0.39 is 5.92 Å². The van der Waals surface area contributed by atoms with Crippen LogP contribution in [0.25, 0.3) is 0 Å². The Morgan fingerprint density at radius 3 is 2.47 bits per heavy atom. The molecule has 1 amide bonds. The lowest BCUT2D eigenvalue weighted by Gasteiger charge is -2.30. The van der Waals surface area contributed by atoms with Gasteiger partial charge in [0.2, 0.25) is 11.8 Å². The second-order valence-corrected chi connectivity index (χ2v) is 4.11. The fraction of sp³-hybridized carbons (Fsp3) is 0.900. The summed E-state index contributed by atoms with van der Waals surface area (Å²) < 4.78 is 25.7. The number of alkyl halides is 2. The Morgan fingerprint density at radius 2 is 2.00 bits per heavy atom. The predicted octanol–water partition coefficient (Wildman–Crippen LogP) is 1.26. The molecule has 1 saturated carbocycles. The zero-order valence-corrected chi connectivity index (χ0v) is 8.88. The zero-order chi connectivity index (χ0) is 11.5. The molecule has 1 aliphatic carbocycles. The highest BCUT2D eigenvalue weighted by Gasteiger charge is 2.37. The molecule has 0 aromatic heterocycles. The summed E-state index contributed by atoms with van der Waals surface area (Å²) in [6.07, 6.45) is 0.107. The van der Waals surface area contributed by atoms with Crippen molar-refractivity contribution in [1.29, 1.82) is 0 Å². The number of aliphatic hydroxyl groups is 1. The number of halogens is 2. The summed E-state index contributed by atoms with van der Waals surface area (Å²) in [7, 11) is 1.59. The summed E-state index contributed by atoms with van der Waals surface area (Å²) in [4.78, 5) is 13.1. The number of hydrogen-bond donors (Lipinski definition) is 1. The van der Waals surface area contributed by atoms with Crippen LogP contribution in [-0.2, 0) is 4.79 Å². The lowest BCUT2D eigenvalue weighted by atomic mass is 9.86. The van der Waals surface area contributed by atoms with Gasteiger partial charge in [0.05, 0.1) is 6.61 Å². The first kappa shape index (κ1) is 12.4. The monoisotopic (exact) mass is 221 g/mol. The molecule has 0 bridgehead atoms. The third-order valence-corrected chi connectivity index (χ3v) is 2.88. The number of likely N-dealkylation sites (N-methyl/N-ethyl adjacent to an activating group) is 1. The standard InChI is InChI=1S/C10H17F2NO2/c1-13(6-7-14)9(15)8-2-4-10(11,12)5-3-8/h8,14H,2-7H2,1H3. The Hall–Kier alpha value is -0.710. The van der Waals surface area contributed by atoms with E-state index in [2.05, 4.69) is 0 Å². The largest absolute Gasteiger partial charge is 0.395 e. The molecule has 15 heavy (non-hydrogen) atoms. The average molecular weight is 221 g/mol. The summed E-state index contributed by atoms with van der Waals surface area (Å²) in [5.74, 6) is -3.01. The van der Waals surface area contributed by atoms with E-state index in [0.29, 0.717) is 0 Å². The third kappa shape index (κ3) is 3.41. The van der Waals surface area contributed by atoms with Crippen LogP contribution in [-0.4, -0.2) is 42.0 Å². The van der Waals surface area contributed by atoms with Gasteiger partial charge in [-0.25, -0.2) is 8.78 Å². The topological polar surface area (TPSA) is 40.5 Å². The lowest BCUT2D eigenvalue weighted by Crippen LogP contribution is -2.38. The van der Waals surface area contributed by atoms with E-state index in [1.54, 1.807) is 7.05 Å². The van der Waals surface area contributed by atoms with Gasteiger partial charge in [-0.1, -0.05) is 0 Å². The Bertz CT molecular complexity index is 223. The van der Waals surface area contributed by atoms with E-state index in [4.69, 9.17) is 5.11 Å². The van der Waals surface area contributed by atoms with Crippen molar-refractivity contribution in [2.24, 2.45) is 5.92 Å². The first-order valence-electron chi connectivity index (χ1n) is 5.20. The Morgan fingerprint density at radius 1 is 1.47 bits per heavy atom. The predicted molar refractivity (Wildman–Crippen MR) is 51.6 cm³/mol. The van der Waals surface area contributed by atoms with Gasteiger partial charge in [-0.05, 0) is 12.8 Å². The molecule has 88 valence electrons. The van der Waals surface area contributed by atoms with Crippen LogP contribution in [0.1, 0.15) is 25.7 Å². The molecule has 0 heterocycles. The molecule has 0 aromatic rings. The van der Waals surface area contributed by atoms with E-state index >= 15 is 0 Å². The summed E-state index contributed by atoms with van der Waals surface area (Å²) in [5.41, 5.74) is 0. The number of carbonyl (C=O) groups excluding carboxylic acids is 1. The van der Waals surface area contributed by atoms with Gasteiger partial charge >= 0.3 is 0 Å². The first-order valence-corrected chi connectivity index (χ1v) is 5.20. The molecule has 0 radical (unpaired) electrons. The van der Waals surface area contributed by atoms with Gasteiger partial charge in [0.15, 0.2) is 0 Å². The van der Waals surface area contributed by atoms with E-state index in [1.165, 1.54) is 4.90 Å². The quantitative estimate of drug-likeness (QED) is 0.779. The maximum atomic E-state index is 12.8. The summed E-state index contributed by atoms with van der Waals surface area (Å²) in [5, 5.41) is 8.65. The van der Waals surface area contributed by atoms with Crippen LogP contribution in [0.15, 0.2) is 0 Å². The van der Waals surface area contributed by atoms with Crippen LogP contribution >= 0.6 is 0 Å².